The predicted octanol–water partition coefficient (Wildman–Crippen LogP) is 5.40. The van der Waals surface area contributed by atoms with Gasteiger partial charge in [0.05, 0.1) is 17.7 Å². The Hall–Kier alpha value is -5.28. The van der Waals surface area contributed by atoms with Gasteiger partial charge in [0.25, 0.3) is 0 Å². The van der Waals surface area contributed by atoms with Gasteiger partial charge in [-0.2, -0.15) is 0 Å². The number of halogens is 1. The number of piperazine rings is 1. The van der Waals surface area contributed by atoms with Crippen LogP contribution in [0.1, 0.15) is 45.9 Å². The number of benzene rings is 4. The second-order valence-electron chi connectivity index (χ2n) is 12.3. The van der Waals surface area contributed by atoms with Gasteiger partial charge >= 0.3 is 5.97 Å². The van der Waals surface area contributed by atoms with Gasteiger partial charge in [-0.05, 0) is 41.7 Å². The summed E-state index contributed by atoms with van der Waals surface area (Å²) in [5, 5.41) is 13.0. The highest BCUT2D eigenvalue weighted by molar-refractivity contribution is 5.93. The summed E-state index contributed by atoms with van der Waals surface area (Å²) in [6.45, 7) is 2.21. The number of amides is 1. The van der Waals surface area contributed by atoms with Crippen molar-refractivity contribution in [2.45, 2.75) is 24.4 Å². The number of aromatic carboxylic acids is 1. The molecule has 1 aliphatic carbocycles. The van der Waals surface area contributed by atoms with Gasteiger partial charge in [-0.25, -0.2) is 9.18 Å². The molecule has 5 aromatic rings. The van der Waals surface area contributed by atoms with E-state index in [9.17, 15) is 19.5 Å². The first kappa shape index (κ1) is 30.4. The molecule has 1 amide bonds. The highest BCUT2D eigenvalue weighted by Crippen LogP contribution is 2.39. The molecule has 0 bridgehead atoms. The van der Waals surface area contributed by atoms with E-state index in [4.69, 9.17) is 0 Å². The smallest absolute Gasteiger partial charge is 0.341 e. The van der Waals surface area contributed by atoms with E-state index in [1.807, 2.05) is 100 Å². The van der Waals surface area contributed by atoms with Crippen molar-refractivity contribution in [2.75, 3.05) is 37.6 Å². The molecule has 0 spiro atoms. The molecule has 1 saturated carbocycles. The zero-order valence-electron chi connectivity index (χ0n) is 25.8. The summed E-state index contributed by atoms with van der Waals surface area (Å²) in [4.78, 5) is 42.5. The van der Waals surface area contributed by atoms with Gasteiger partial charge in [-0.3, -0.25) is 14.5 Å². The van der Waals surface area contributed by atoms with Crippen LogP contribution in [0.2, 0.25) is 0 Å². The average Bonchev–Trinajstić information content (AvgIpc) is 3.95. The summed E-state index contributed by atoms with van der Waals surface area (Å²) < 4.78 is 17.3. The van der Waals surface area contributed by atoms with E-state index in [0.29, 0.717) is 37.4 Å². The topological polar surface area (TPSA) is 94.9 Å². The fourth-order valence-corrected chi connectivity index (χ4v) is 6.79. The van der Waals surface area contributed by atoms with Crippen molar-refractivity contribution in [1.29, 1.82) is 0 Å². The van der Waals surface area contributed by atoms with Gasteiger partial charge in [0.2, 0.25) is 11.3 Å². The van der Waals surface area contributed by atoms with E-state index in [-0.39, 0.29) is 29.4 Å². The number of carboxylic acids is 1. The van der Waals surface area contributed by atoms with Gasteiger partial charge in [0, 0.05) is 43.8 Å². The average molecular weight is 631 g/mol. The van der Waals surface area contributed by atoms with Crippen molar-refractivity contribution in [3.8, 4) is 0 Å². The Bertz CT molecular complexity index is 1890. The summed E-state index contributed by atoms with van der Waals surface area (Å²) in [6, 6.07) is 32.9. The van der Waals surface area contributed by atoms with Crippen molar-refractivity contribution in [1.82, 2.24) is 14.8 Å². The molecule has 2 fully saturated rings. The summed E-state index contributed by atoms with van der Waals surface area (Å²) in [7, 11) is 0. The van der Waals surface area contributed by atoms with Gasteiger partial charge < -0.3 is 19.9 Å². The predicted molar refractivity (Wildman–Crippen MR) is 179 cm³/mol. The number of hydrogen-bond donors (Lipinski definition) is 2. The molecule has 0 unspecified atom stereocenters. The molecular weight excluding hydrogens is 595 g/mol. The first-order valence-electron chi connectivity index (χ1n) is 15.9. The minimum absolute atomic E-state index is 0.0760. The third kappa shape index (κ3) is 5.79. The van der Waals surface area contributed by atoms with Crippen LogP contribution >= 0.6 is 0 Å². The molecule has 2 N–H and O–H groups in total. The van der Waals surface area contributed by atoms with E-state index in [0.717, 1.165) is 29.5 Å². The summed E-state index contributed by atoms with van der Waals surface area (Å²) >= 11 is 0. The number of carbonyl (C=O) groups excluding carboxylic acids is 1. The second kappa shape index (κ2) is 12.5. The van der Waals surface area contributed by atoms with Crippen LogP contribution < -0.4 is 15.6 Å². The highest BCUT2D eigenvalue weighted by atomic mass is 19.1. The number of pyridine rings is 1. The fourth-order valence-electron chi connectivity index (χ4n) is 6.79. The first-order valence-corrected chi connectivity index (χ1v) is 15.9. The second-order valence-corrected chi connectivity index (χ2v) is 12.3. The molecule has 2 aliphatic rings. The lowest BCUT2D eigenvalue weighted by Crippen LogP contribution is -2.54. The Kier molecular flexibility index (Phi) is 8.07. The normalized spacial score (nSPS) is 15.5. The fraction of sp³-hybridized carbons (Fsp3) is 0.237. The molecule has 2 heterocycles. The molecule has 7 rings (SSSR count). The molecule has 4 aromatic carbocycles. The third-order valence-electron chi connectivity index (χ3n) is 9.30. The van der Waals surface area contributed by atoms with Crippen LogP contribution in [0.25, 0.3) is 10.9 Å². The Morgan fingerprint density at radius 3 is 1.83 bits per heavy atom. The summed E-state index contributed by atoms with van der Waals surface area (Å²) in [6.07, 6.45) is 3.15. The number of nitrogens with zero attached hydrogens (tertiary/aromatic N) is 3. The largest absolute Gasteiger partial charge is 0.477 e. The first-order chi connectivity index (χ1) is 22.8. The van der Waals surface area contributed by atoms with Gasteiger partial charge in [-0.15, -0.1) is 0 Å². The van der Waals surface area contributed by atoms with Crippen LogP contribution in [0.3, 0.4) is 0 Å². The zero-order chi connectivity index (χ0) is 32.5. The van der Waals surface area contributed by atoms with Gasteiger partial charge in [-0.1, -0.05) is 91.0 Å². The van der Waals surface area contributed by atoms with Gasteiger partial charge in [0.15, 0.2) is 0 Å². The molecule has 1 aromatic heterocycles. The Morgan fingerprint density at radius 1 is 0.809 bits per heavy atom. The van der Waals surface area contributed by atoms with Gasteiger partial charge in [0.1, 0.15) is 16.9 Å². The molecule has 238 valence electrons. The lowest BCUT2D eigenvalue weighted by molar-refractivity contribution is -0.123. The van der Waals surface area contributed by atoms with Crippen LogP contribution in [0.4, 0.5) is 10.1 Å². The Morgan fingerprint density at radius 2 is 1.34 bits per heavy atom. The number of nitrogens with one attached hydrogen (secondary N) is 1. The number of carboxylic acid groups (broad SMARTS) is 1. The molecule has 1 aliphatic heterocycles. The van der Waals surface area contributed by atoms with Crippen molar-refractivity contribution in [3.05, 3.63) is 148 Å². The molecule has 9 heteroatoms. The number of anilines is 1. The molecular formula is C38H35FN4O4. The minimum Gasteiger partial charge on any atom is -0.477 e. The number of carbonyl (C=O) groups is 2. The number of fused-ring (bicyclic) bond motifs is 1. The van der Waals surface area contributed by atoms with E-state index < -0.39 is 22.8 Å². The molecule has 1 saturated heterocycles. The lowest BCUT2D eigenvalue weighted by atomic mass is 9.77. The van der Waals surface area contributed by atoms with Crippen LogP contribution in [-0.4, -0.2) is 59.2 Å². The Labute approximate surface area is 271 Å². The monoisotopic (exact) mass is 630 g/mol. The van der Waals surface area contributed by atoms with Crippen LogP contribution in [0, 0.1) is 5.82 Å². The highest BCUT2D eigenvalue weighted by Gasteiger charge is 2.38. The quantitative estimate of drug-likeness (QED) is 0.212. The maximum atomic E-state index is 15.5. The zero-order valence-corrected chi connectivity index (χ0v) is 25.8. The van der Waals surface area contributed by atoms with E-state index in [1.165, 1.54) is 12.3 Å². The SMILES string of the molecule is O=C(CN1CCN(c2cc3c(cc2F)c(=O)c(C(=O)O)cn3C2CC2)CC1)NC(c1ccccc1)(c1ccccc1)c1ccccc1. The Balaban J connectivity index is 1.12. The van der Waals surface area contributed by atoms with E-state index in [1.54, 1.807) is 6.07 Å². The van der Waals surface area contributed by atoms with Crippen molar-refractivity contribution >= 4 is 28.5 Å². The number of rotatable bonds is 9. The maximum Gasteiger partial charge on any atom is 0.341 e. The maximum absolute atomic E-state index is 15.5. The number of aromatic nitrogens is 1. The molecule has 0 atom stereocenters. The van der Waals surface area contributed by atoms with Crippen molar-refractivity contribution in [3.63, 3.8) is 0 Å². The van der Waals surface area contributed by atoms with Crippen LogP contribution in [-0.2, 0) is 10.3 Å². The number of hydrogen-bond acceptors (Lipinski definition) is 5. The lowest BCUT2D eigenvalue weighted by Gasteiger charge is -2.39. The van der Waals surface area contributed by atoms with E-state index in [2.05, 4.69) is 10.2 Å². The summed E-state index contributed by atoms with van der Waals surface area (Å²) in [5.41, 5.74) is 1.82. The summed E-state index contributed by atoms with van der Waals surface area (Å²) in [5.74, 6) is -2.01. The van der Waals surface area contributed by atoms with Crippen LogP contribution in [0.15, 0.2) is 114 Å². The van der Waals surface area contributed by atoms with Crippen molar-refractivity contribution in [2.24, 2.45) is 0 Å². The molecule has 47 heavy (non-hydrogen) atoms. The minimum atomic E-state index is -1.32. The third-order valence-corrected chi connectivity index (χ3v) is 9.30. The van der Waals surface area contributed by atoms with Crippen LogP contribution in [0.5, 0.6) is 0 Å². The van der Waals surface area contributed by atoms with Crippen molar-refractivity contribution < 1.29 is 19.1 Å². The molecule has 8 nitrogen and oxygen atoms in total. The standard InChI is InChI=1S/C38H35FN4O4/c39-32-22-30-33(43(29-16-17-29)24-31(36(30)45)37(46)47)23-34(32)42-20-18-41(19-21-42)25-35(44)40-38(26-10-4-1-5-11-26,27-12-6-2-7-13-27)28-14-8-3-9-15-28/h1-15,22-24,29H,16-21,25H2,(H,40,44)(H,46,47). The van der Waals surface area contributed by atoms with E-state index >= 15 is 4.39 Å². The molecule has 0 radical (unpaired) electrons.